The van der Waals surface area contributed by atoms with Crippen molar-refractivity contribution < 1.29 is 9.53 Å². The van der Waals surface area contributed by atoms with E-state index in [4.69, 9.17) is 4.74 Å². The molecule has 0 spiro atoms. The topological polar surface area (TPSA) is 85.6 Å². The number of carbonyl (C=O) groups is 1. The molecule has 1 aromatic heterocycles. The Kier molecular flexibility index (Phi) is 5.95. The highest BCUT2D eigenvalue weighted by Gasteiger charge is 2.22. The molecule has 24 heavy (non-hydrogen) atoms. The van der Waals surface area contributed by atoms with Crippen LogP contribution in [0.4, 0.5) is 0 Å². The predicted molar refractivity (Wildman–Crippen MR) is 90.3 cm³/mol. The Bertz CT molecular complexity index is 707. The highest BCUT2D eigenvalue weighted by Crippen LogP contribution is 2.11. The lowest BCUT2D eigenvalue weighted by atomic mass is 10.1. The standard InChI is InChI=1S/C16H26N4O4/c1-11(2)20-7-8-24-12(10-20)5-6-17-15(22)13-9-14(21)19(4)16(23)18(13)3/h9,11-12H,5-8,10H2,1-4H3,(H,17,22)/t12-/m1/s1. The Morgan fingerprint density at radius 1 is 1.33 bits per heavy atom. The number of aromatic nitrogens is 2. The number of rotatable bonds is 5. The molecule has 8 heteroatoms. The molecule has 0 aromatic carbocycles. The summed E-state index contributed by atoms with van der Waals surface area (Å²) in [7, 11) is 2.86. The van der Waals surface area contributed by atoms with Gasteiger partial charge in [0.25, 0.3) is 11.5 Å². The largest absolute Gasteiger partial charge is 0.375 e. The molecule has 2 heterocycles. The molecule has 0 bridgehead atoms. The van der Waals surface area contributed by atoms with Crippen LogP contribution >= 0.6 is 0 Å². The fourth-order valence-electron chi connectivity index (χ4n) is 2.77. The number of carbonyl (C=O) groups excluding carboxylic acids is 1. The van der Waals surface area contributed by atoms with Gasteiger partial charge in [-0.1, -0.05) is 0 Å². The molecule has 0 aliphatic carbocycles. The molecule has 1 aliphatic heterocycles. The van der Waals surface area contributed by atoms with Gasteiger partial charge in [-0.2, -0.15) is 0 Å². The monoisotopic (exact) mass is 338 g/mol. The van der Waals surface area contributed by atoms with Gasteiger partial charge < -0.3 is 10.1 Å². The first kappa shape index (κ1) is 18.4. The van der Waals surface area contributed by atoms with E-state index in [2.05, 4.69) is 24.1 Å². The van der Waals surface area contributed by atoms with Crippen LogP contribution in [-0.2, 0) is 18.8 Å². The summed E-state index contributed by atoms with van der Waals surface area (Å²) in [6.07, 6.45) is 0.766. The van der Waals surface area contributed by atoms with E-state index in [1.165, 1.54) is 24.7 Å². The van der Waals surface area contributed by atoms with Crippen molar-refractivity contribution in [2.45, 2.75) is 32.4 Å². The fraction of sp³-hybridized carbons (Fsp3) is 0.688. The molecule has 1 N–H and O–H groups in total. The van der Waals surface area contributed by atoms with Crippen LogP contribution in [0.3, 0.4) is 0 Å². The highest BCUT2D eigenvalue weighted by molar-refractivity contribution is 5.92. The molecule has 0 saturated carbocycles. The third-order valence-electron chi connectivity index (χ3n) is 4.41. The zero-order valence-electron chi connectivity index (χ0n) is 14.7. The lowest BCUT2D eigenvalue weighted by Crippen LogP contribution is -2.47. The van der Waals surface area contributed by atoms with Crippen LogP contribution in [0, 0.1) is 0 Å². The minimum absolute atomic E-state index is 0.0662. The molecule has 1 amide bonds. The molecule has 8 nitrogen and oxygen atoms in total. The first-order chi connectivity index (χ1) is 11.3. The van der Waals surface area contributed by atoms with E-state index in [1.54, 1.807) is 0 Å². The van der Waals surface area contributed by atoms with Gasteiger partial charge in [-0.05, 0) is 20.3 Å². The zero-order valence-corrected chi connectivity index (χ0v) is 14.7. The van der Waals surface area contributed by atoms with Gasteiger partial charge in [-0.25, -0.2) is 4.79 Å². The van der Waals surface area contributed by atoms with Gasteiger partial charge in [0.05, 0.1) is 12.7 Å². The third-order valence-corrected chi connectivity index (χ3v) is 4.41. The number of hydrogen-bond acceptors (Lipinski definition) is 5. The maximum Gasteiger partial charge on any atom is 0.331 e. The van der Waals surface area contributed by atoms with Crippen molar-refractivity contribution in [2.75, 3.05) is 26.2 Å². The number of hydrogen-bond donors (Lipinski definition) is 1. The second-order valence-corrected chi connectivity index (χ2v) is 6.39. The highest BCUT2D eigenvalue weighted by atomic mass is 16.5. The van der Waals surface area contributed by atoms with Crippen LogP contribution in [0.5, 0.6) is 0 Å². The van der Waals surface area contributed by atoms with E-state index in [0.717, 1.165) is 17.7 Å². The summed E-state index contributed by atoms with van der Waals surface area (Å²) in [6, 6.07) is 1.65. The quantitative estimate of drug-likeness (QED) is 0.768. The summed E-state index contributed by atoms with van der Waals surface area (Å²) in [5.74, 6) is -0.427. The smallest absolute Gasteiger partial charge is 0.331 e. The summed E-state index contributed by atoms with van der Waals surface area (Å²) in [5.41, 5.74) is -0.946. The minimum atomic E-state index is -0.518. The van der Waals surface area contributed by atoms with E-state index >= 15 is 0 Å². The van der Waals surface area contributed by atoms with E-state index in [0.29, 0.717) is 25.6 Å². The van der Waals surface area contributed by atoms with Gasteiger partial charge in [0.15, 0.2) is 0 Å². The zero-order chi connectivity index (χ0) is 17.9. The molecule has 2 rings (SSSR count). The number of morpholine rings is 1. The van der Waals surface area contributed by atoms with Gasteiger partial charge >= 0.3 is 5.69 Å². The number of nitrogens with zero attached hydrogens (tertiary/aromatic N) is 3. The average Bonchev–Trinajstić information content (AvgIpc) is 2.56. The van der Waals surface area contributed by atoms with Crippen LogP contribution in [0.1, 0.15) is 30.8 Å². The Balaban J connectivity index is 1.92. The Morgan fingerprint density at radius 3 is 2.71 bits per heavy atom. The maximum atomic E-state index is 12.2. The van der Waals surface area contributed by atoms with Gasteiger partial charge in [-0.15, -0.1) is 0 Å². The van der Waals surface area contributed by atoms with Crippen molar-refractivity contribution >= 4 is 5.91 Å². The van der Waals surface area contributed by atoms with Gasteiger partial charge in [-0.3, -0.25) is 23.6 Å². The first-order valence-electron chi connectivity index (χ1n) is 8.22. The van der Waals surface area contributed by atoms with Crippen molar-refractivity contribution in [3.8, 4) is 0 Å². The average molecular weight is 338 g/mol. The van der Waals surface area contributed by atoms with Crippen molar-refractivity contribution in [1.29, 1.82) is 0 Å². The molecule has 1 saturated heterocycles. The molecule has 1 aliphatic rings. The van der Waals surface area contributed by atoms with Crippen LogP contribution in [-0.4, -0.2) is 58.3 Å². The third kappa shape index (κ3) is 4.12. The van der Waals surface area contributed by atoms with Gasteiger partial charge in [0.2, 0.25) is 0 Å². The molecular weight excluding hydrogens is 312 g/mol. The molecule has 1 aromatic rings. The van der Waals surface area contributed by atoms with Crippen LogP contribution in [0.25, 0.3) is 0 Å². The first-order valence-corrected chi connectivity index (χ1v) is 8.22. The summed E-state index contributed by atoms with van der Waals surface area (Å²) in [6.45, 7) is 7.20. The number of nitrogens with one attached hydrogen (secondary N) is 1. The molecule has 1 atom stereocenters. The van der Waals surface area contributed by atoms with Gasteiger partial charge in [0.1, 0.15) is 5.69 Å². The summed E-state index contributed by atoms with van der Waals surface area (Å²) in [4.78, 5) is 38.1. The summed E-state index contributed by atoms with van der Waals surface area (Å²) >= 11 is 0. The summed E-state index contributed by atoms with van der Waals surface area (Å²) in [5, 5.41) is 2.76. The molecule has 134 valence electrons. The van der Waals surface area contributed by atoms with E-state index in [9.17, 15) is 14.4 Å². The SMILES string of the molecule is CC(C)N1CCO[C@H](CCNC(=O)c2cc(=O)n(C)c(=O)n2C)C1. The van der Waals surface area contributed by atoms with E-state index < -0.39 is 17.2 Å². The Labute approximate surface area is 141 Å². The van der Waals surface area contributed by atoms with Crippen molar-refractivity contribution in [3.63, 3.8) is 0 Å². The number of amides is 1. The molecule has 0 radical (unpaired) electrons. The fourth-order valence-corrected chi connectivity index (χ4v) is 2.77. The number of ether oxygens (including phenoxy) is 1. The van der Waals surface area contributed by atoms with Crippen LogP contribution in [0.15, 0.2) is 15.7 Å². The molecule has 0 unspecified atom stereocenters. The lowest BCUT2D eigenvalue weighted by molar-refractivity contribution is -0.0412. The van der Waals surface area contributed by atoms with Crippen molar-refractivity contribution in [3.05, 3.63) is 32.6 Å². The van der Waals surface area contributed by atoms with E-state index in [1.807, 2.05) is 0 Å². The van der Waals surface area contributed by atoms with Crippen molar-refractivity contribution in [1.82, 2.24) is 19.4 Å². The van der Waals surface area contributed by atoms with Crippen LogP contribution in [0.2, 0.25) is 0 Å². The maximum absolute atomic E-state index is 12.2. The van der Waals surface area contributed by atoms with Crippen LogP contribution < -0.4 is 16.6 Å². The Hall–Kier alpha value is -1.93. The van der Waals surface area contributed by atoms with E-state index in [-0.39, 0.29) is 11.8 Å². The minimum Gasteiger partial charge on any atom is -0.375 e. The Morgan fingerprint density at radius 2 is 2.04 bits per heavy atom. The van der Waals surface area contributed by atoms with Gasteiger partial charge in [0, 0.05) is 45.8 Å². The second-order valence-electron chi connectivity index (χ2n) is 6.39. The normalized spacial score (nSPS) is 18.8. The molecular formula is C16H26N4O4. The molecule has 1 fully saturated rings. The van der Waals surface area contributed by atoms with Crippen molar-refractivity contribution in [2.24, 2.45) is 14.1 Å². The predicted octanol–water partition coefficient (Wildman–Crippen LogP) is -0.687. The second kappa shape index (κ2) is 7.76. The lowest BCUT2D eigenvalue weighted by Gasteiger charge is -2.35. The summed E-state index contributed by atoms with van der Waals surface area (Å²) < 4.78 is 7.86.